The monoisotopic (exact) mass is 478 g/mol. The van der Waals surface area contributed by atoms with E-state index in [1.54, 1.807) is 48.5 Å². The molecule has 0 unspecified atom stereocenters. The lowest BCUT2D eigenvalue weighted by Crippen LogP contribution is -2.08. The molecule has 0 aliphatic rings. The van der Waals surface area contributed by atoms with Gasteiger partial charge in [-0.1, -0.05) is 72.0 Å². The number of para-hydroxylation sites is 2. The van der Waals surface area contributed by atoms with E-state index in [0.29, 0.717) is 22.6 Å². The third kappa shape index (κ3) is 5.31. The predicted molar refractivity (Wildman–Crippen MR) is 134 cm³/mol. The van der Waals surface area contributed by atoms with Gasteiger partial charge < -0.3 is 9.47 Å². The minimum absolute atomic E-state index is 0.424. The average Bonchev–Trinajstić information content (AvgIpc) is 3.40. The van der Waals surface area contributed by atoms with Crippen molar-refractivity contribution in [2.75, 3.05) is 0 Å². The van der Waals surface area contributed by atoms with Gasteiger partial charge in [-0.25, -0.2) is 9.59 Å². The van der Waals surface area contributed by atoms with Gasteiger partial charge in [0.05, 0.1) is 11.1 Å². The van der Waals surface area contributed by atoms with Gasteiger partial charge in [0.25, 0.3) is 0 Å². The van der Waals surface area contributed by atoms with Gasteiger partial charge in [-0.2, -0.15) is 0 Å². The van der Waals surface area contributed by atoms with Crippen molar-refractivity contribution in [2.45, 2.75) is 0 Å². The third-order valence-electron chi connectivity index (χ3n) is 5.07. The van der Waals surface area contributed by atoms with Crippen LogP contribution in [0, 0.1) is 0 Å². The zero-order valence-corrected chi connectivity index (χ0v) is 19.1. The number of ether oxygens (including phenoxy) is 2. The van der Waals surface area contributed by atoms with Crippen LogP contribution in [0.2, 0.25) is 0 Å². The second-order valence-electron chi connectivity index (χ2n) is 7.47. The molecule has 0 spiro atoms. The largest absolute Gasteiger partial charge is 0.423 e. The summed E-state index contributed by atoms with van der Waals surface area (Å²) in [5.74, 6) is 0.141. The van der Waals surface area contributed by atoms with E-state index in [2.05, 4.69) is 10.2 Å². The third-order valence-corrected chi connectivity index (χ3v) is 6.09. The molecular formula is C28H18N2O4S. The van der Waals surface area contributed by atoms with E-state index in [4.69, 9.17) is 9.47 Å². The van der Waals surface area contributed by atoms with Crippen LogP contribution in [-0.2, 0) is 0 Å². The minimum Gasteiger partial charge on any atom is -0.423 e. The first kappa shape index (κ1) is 22.2. The molecule has 7 heteroatoms. The maximum Gasteiger partial charge on any atom is 0.343 e. The first-order valence-electron chi connectivity index (χ1n) is 10.7. The van der Waals surface area contributed by atoms with E-state index in [9.17, 15) is 9.59 Å². The van der Waals surface area contributed by atoms with Crippen LogP contribution in [0.4, 0.5) is 0 Å². The van der Waals surface area contributed by atoms with Crippen LogP contribution in [-0.4, -0.2) is 22.1 Å². The molecule has 1 aromatic heterocycles. The van der Waals surface area contributed by atoms with Crippen molar-refractivity contribution in [3.8, 4) is 32.6 Å². The van der Waals surface area contributed by atoms with Gasteiger partial charge >= 0.3 is 11.9 Å². The number of carbonyl (C=O) groups excluding carboxylic acids is 2. The van der Waals surface area contributed by atoms with Gasteiger partial charge in [-0.05, 0) is 48.5 Å². The van der Waals surface area contributed by atoms with Gasteiger partial charge in [-0.15, -0.1) is 10.2 Å². The van der Waals surface area contributed by atoms with Gasteiger partial charge in [0.2, 0.25) is 0 Å². The van der Waals surface area contributed by atoms with Crippen molar-refractivity contribution in [3.63, 3.8) is 0 Å². The first-order valence-corrected chi connectivity index (χ1v) is 11.6. The van der Waals surface area contributed by atoms with Crippen LogP contribution < -0.4 is 9.47 Å². The van der Waals surface area contributed by atoms with E-state index < -0.39 is 11.9 Å². The highest BCUT2D eigenvalue weighted by molar-refractivity contribution is 7.17. The zero-order chi connectivity index (χ0) is 24.0. The van der Waals surface area contributed by atoms with Crippen molar-refractivity contribution < 1.29 is 19.1 Å². The molecule has 0 saturated carbocycles. The van der Waals surface area contributed by atoms with Gasteiger partial charge in [0.1, 0.15) is 21.5 Å². The van der Waals surface area contributed by atoms with E-state index in [1.807, 2.05) is 60.7 Å². The molecule has 0 saturated heterocycles. The van der Waals surface area contributed by atoms with Crippen LogP contribution in [0.25, 0.3) is 21.1 Å². The molecule has 35 heavy (non-hydrogen) atoms. The fourth-order valence-electron chi connectivity index (χ4n) is 3.26. The molecule has 6 nitrogen and oxygen atoms in total. The Labute approximate surface area is 205 Å². The Kier molecular flexibility index (Phi) is 6.41. The van der Waals surface area contributed by atoms with Crippen LogP contribution in [0.3, 0.4) is 0 Å². The Balaban J connectivity index is 1.25. The quantitative estimate of drug-likeness (QED) is 0.210. The number of carbonyl (C=O) groups is 2. The molecule has 0 bridgehead atoms. The number of benzene rings is 4. The highest BCUT2D eigenvalue weighted by Crippen LogP contribution is 2.30. The number of nitrogens with zero attached hydrogens (tertiary/aromatic N) is 2. The zero-order valence-electron chi connectivity index (χ0n) is 18.3. The first-order chi connectivity index (χ1) is 17.2. The average molecular weight is 479 g/mol. The smallest absolute Gasteiger partial charge is 0.343 e. The van der Waals surface area contributed by atoms with E-state index >= 15 is 0 Å². The summed E-state index contributed by atoms with van der Waals surface area (Å²) in [6.07, 6.45) is 0. The summed E-state index contributed by atoms with van der Waals surface area (Å²) in [6, 6.07) is 31.9. The van der Waals surface area contributed by atoms with Crippen LogP contribution in [0.5, 0.6) is 11.5 Å². The maximum absolute atomic E-state index is 12.3. The molecule has 1 heterocycles. The van der Waals surface area contributed by atoms with Gasteiger partial charge in [0, 0.05) is 11.1 Å². The fraction of sp³-hybridized carbons (Fsp3) is 0. The number of aromatic nitrogens is 2. The molecule has 0 aliphatic carbocycles. The fourth-order valence-corrected chi connectivity index (χ4v) is 4.12. The van der Waals surface area contributed by atoms with Crippen molar-refractivity contribution in [1.82, 2.24) is 10.2 Å². The summed E-state index contributed by atoms with van der Waals surface area (Å²) in [7, 11) is 0. The van der Waals surface area contributed by atoms with Crippen molar-refractivity contribution in [3.05, 3.63) is 120 Å². The van der Waals surface area contributed by atoms with Crippen molar-refractivity contribution in [2.24, 2.45) is 0 Å². The molecule has 0 fully saturated rings. The highest BCUT2D eigenvalue weighted by atomic mass is 32.1. The standard InChI is InChI=1S/C28H18N2O4S/c31-27(33-23-7-3-1-4-8-23)21-15-11-19(12-16-21)25-29-30-26(35-25)20-13-17-22(18-14-20)28(32)34-24-9-5-2-6-10-24/h1-18H. The predicted octanol–water partition coefficient (Wildman–Crippen LogP) is 6.31. The van der Waals surface area contributed by atoms with E-state index in [-0.39, 0.29) is 0 Å². The second-order valence-corrected chi connectivity index (χ2v) is 8.45. The molecule has 0 aliphatic heterocycles. The van der Waals surface area contributed by atoms with E-state index in [0.717, 1.165) is 21.1 Å². The molecular weight excluding hydrogens is 460 g/mol. The molecule has 0 radical (unpaired) electrons. The lowest BCUT2D eigenvalue weighted by Gasteiger charge is -2.04. The number of esters is 2. The molecule has 170 valence electrons. The summed E-state index contributed by atoms with van der Waals surface area (Å²) in [5.41, 5.74) is 2.57. The molecule has 5 rings (SSSR count). The summed E-state index contributed by atoms with van der Waals surface area (Å²) in [4.78, 5) is 24.7. The van der Waals surface area contributed by atoms with Crippen LogP contribution in [0.1, 0.15) is 20.7 Å². The molecule has 0 amide bonds. The Hall–Kier alpha value is -4.62. The van der Waals surface area contributed by atoms with Crippen molar-refractivity contribution in [1.29, 1.82) is 0 Å². The van der Waals surface area contributed by atoms with E-state index in [1.165, 1.54) is 11.3 Å². The Morgan fingerprint density at radius 3 is 1.26 bits per heavy atom. The Morgan fingerprint density at radius 2 is 0.886 bits per heavy atom. The van der Waals surface area contributed by atoms with Gasteiger partial charge in [-0.3, -0.25) is 0 Å². The normalized spacial score (nSPS) is 10.5. The molecule has 0 atom stereocenters. The maximum atomic E-state index is 12.3. The van der Waals surface area contributed by atoms with Crippen molar-refractivity contribution >= 4 is 23.3 Å². The lowest BCUT2D eigenvalue weighted by molar-refractivity contribution is 0.0725. The summed E-state index contributed by atoms with van der Waals surface area (Å²) >= 11 is 1.42. The Bertz CT molecular complexity index is 1340. The minimum atomic E-state index is -0.424. The Morgan fingerprint density at radius 1 is 0.514 bits per heavy atom. The number of rotatable bonds is 6. The summed E-state index contributed by atoms with van der Waals surface area (Å²) < 4.78 is 10.7. The van der Waals surface area contributed by atoms with Gasteiger partial charge in [0.15, 0.2) is 0 Å². The molecule has 0 N–H and O–H groups in total. The lowest BCUT2D eigenvalue weighted by atomic mass is 10.1. The second kappa shape index (κ2) is 10.1. The number of hydrogen-bond acceptors (Lipinski definition) is 7. The SMILES string of the molecule is O=C(Oc1ccccc1)c1ccc(-c2nnc(-c3ccc(C(=O)Oc4ccccc4)cc3)s2)cc1. The highest BCUT2D eigenvalue weighted by Gasteiger charge is 2.13. The number of hydrogen-bond donors (Lipinski definition) is 0. The van der Waals surface area contributed by atoms with Crippen LogP contribution >= 0.6 is 11.3 Å². The summed E-state index contributed by atoms with van der Waals surface area (Å²) in [5, 5.41) is 9.99. The van der Waals surface area contributed by atoms with Crippen LogP contribution in [0.15, 0.2) is 109 Å². The molecule has 5 aromatic rings. The summed E-state index contributed by atoms with van der Waals surface area (Å²) in [6.45, 7) is 0. The molecule has 4 aromatic carbocycles. The topological polar surface area (TPSA) is 78.4 Å².